The van der Waals surface area contributed by atoms with Crippen molar-refractivity contribution in [2.75, 3.05) is 13.7 Å². The van der Waals surface area contributed by atoms with Crippen molar-refractivity contribution in [3.8, 4) is 11.4 Å². The summed E-state index contributed by atoms with van der Waals surface area (Å²) in [6.07, 6.45) is 1.87. The lowest BCUT2D eigenvalue weighted by atomic mass is 9.96. The first-order valence-corrected chi connectivity index (χ1v) is 11.2. The second-order valence-corrected chi connectivity index (χ2v) is 9.40. The Bertz CT molecular complexity index is 1090. The quantitative estimate of drug-likeness (QED) is 0.592. The molecular weight excluding hydrogens is 392 g/mol. The predicted octanol–water partition coefficient (Wildman–Crippen LogP) is 5.09. The smallest absolute Gasteiger partial charge is 0.160 e. The van der Waals surface area contributed by atoms with Crippen LogP contribution in [0.3, 0.4) is 0 Å². The summed E-state index contributed by atoms with van der Waals surface area (Å²) in [5.74, 6) is 0.869. The highest BCUT2D eigenvalue weighted by Crippen LogP contribution is 2.48. The summed E-state index contributed by atoms with van der Waals surface area (Å²) in [5.41, 5.74) is 5.99. The molecule has 3 unspecified atom stereocenters. The Morgan fingerprint density at radius 3 is 2.60 bits per heavy atom. The number of nitrogens with zero attached hydrogens (tertiary/aromatic N) is 4. The zero-order chi connectivity index (χ0) is 20.8. The first-order valence-electron chi connectivity index (χ1n) is 10.3. The molecule has 4 heterocycles. The minimum Gasteiger partial charge on any atom is -0.497 e. The van der Waals surface area contributed by atoms with Gasteiger partial charge >= 0.3 is 0 Å². The molecule has 3 aromatic rings. The lowest BCUT2D eigenvalue weighted by Gasteiger charge is -2.27. The van der Waals surface area contributed by atoms with E-state index >= 15 is 0 Å². The van der Waals surface area contributed by atoms with Gasteiger partial charge in [0.1, 0.15) is 11.8 Å². The second-order valence-electron chi connectivity index (χ2n) is 8.00. The van der Waals surface area contributed by atoms with Gasteiger partial charge in [-0.1, -0.05) is 24.8 Å². The van der Waals surface area contributed by atoms with E-state index in [1.807, 2.05) is 36.2 Å². The van der Waals surface area contributed by atoms with Crippen LogP contribution < -0.4 is 4.74 Å². The van der Waals surface area contributed by atoms with E-state index in [-0.39, 0.29) is 12.1 Å². The van der Waals surface area contributed by atoms with Crippen LogP contribution in [0.4, 0.5) is 0 Å². The van der Waals surface area contributed by atoms with E-state index in [1.54, 1.807) is 7.11 Å². The molecule has 5 rings (SSSR count). The Labute approximate surface area is 181 Å². The lowest BCUT2D eigenvalue weighted by Crippen LogP contribution is -2.28. The molecule has 3 atom stereocenters. The Morgan fingerprint density at radius 1 is 1.10 bits per heavy atom. The topological polar surface area (TPSA) is 42.6 Å². The fraction of sp³-hybridized carbons (Fsp3) is 0.333. The number of ether oxygens (including phenoxy) is 1. The van der Waals surface area contributed by atoms with E-state index in [1.165, 1.54) is 17.0 Å². The first kappa shape index (κ1) is 19.2. The molecule has 2 aliphatic rings. The van der Waals surface area contributed by atoms with Crippen molar-refractivity contribution < 1.29 is 4.74 Å². The minimum absolute atomic E-state index is 0.0195. The number of amidine groups is 1. The minimum atomic E-state index is 0.0195. The Morgan fingerprint density at radius 2 is 1.90 bits per heavy atom. The number of aryl methyl sites for hydroxylation is 1. The van der Waals surface area contributed by atoms with E-state index in [2.05, 4.69) is 65.6 Å². The summed E-state index contributed by atoms with van der Waals surface area (Å²) in [4.78, 5) is 12.3. The summed E-state index contributed by atoms with van der Waals surface area (Å²) in [6, 6.07) is 16.9. The van der Waals surface area contributed by atoms with Crippen molar-refractivity contribution in [2.45, 2.75) is 38.1 Å². The molecule has 154 valence electrons. The molecule has 0 radical (unpaired) electrons. The monoisotopic (exact) mass is 418 g/mol. The molecule has 0 saturated carbocycles. The molecule has 1 fully saturated rings. The third-order valence-corrected chi connectivity index (χ3v) is 7.10. The van der Waals surface area contributed by atoms with Crippen LogP contribution in [0.5, 0.6) is 5.75 Å². The number of fused-ring (bicyclic) bond motifs is 1. The number of aromatic nitrogens is 2. The van der Waals surface area contributed by atoms with E-state index < -0.39 is 0 Å². The van der Waals surface area contributed by atoms with Crippen LogP contribution in [-0.2, 0) is 0 Å². The van der Waals surface area contributed by atoms with Gasteiger partial charge in [0.2, 0.25) is 0 Å². The van der Waals surface area contributed by atoms with E-state index in [9.17, 15) is 0 Å². The van der Waals surface area contributed by atoms with E-state index in [4.69, 9.17) is 9.73 Å². The third kappa shape index (κ3) is 3.10. The lowest BCUT2D eigenvalue weighted by molar-refractivity contribution is 0.320. The van der Waals surface area contributed by atoms with Crippen molar-refractivity contribution >= 4 is 16.9 Å². The molecule has 30 heavy (non-hydrogen) atoms. The summed E-state index contributed by atoms with van der Waals surface area (Å²) in [6.45, 7) is 7.68. The number of hydrogen-bond donors (Lipinski definition) is 0. The van der Waals surface area contributed by atoms with Gasteiger partial charge < -0.3 is 14.2 Å². The number of hydrogen-bond acceptors (Lipinski definition) is 5. The normalized spacial score (nSPS) is 22.9. The molecule has 5 nitrogen and oxygen atoms in total. The first-order chi connectivity index (χ1) is 14.6. The predicted molar refractivity (Wildman–Crippen MR) is 123 cm³/mol. The van der Waals surface area contributed by atoms with Gasteiger partial charge in [0, 0.05) is 35.1 Å². The van der Waals surface area contributed by atoms with Crippen molar-refractivity contribution in [3.05, 3.63) is 77.4 Å². The van der Waals surface area contributed by atoms with Crippen LogP contribution >= 0.6 is 11.8 Å². The molecule has 2 aromatic heterocycles. The van der Waals surface area contributed by atoms with Crippen LogP contribution in [0.15, 0.2) is 59.7 Å². The number of rotatable bonds is 4. The summed E-state index contributed by atoms with van der Waals surface area (Å²) < 4.78 is 7.66. The Hall–Kier alpha value is -2.73. The number of thioether (sulfide) groups is 1. The van der Waals surface area contributed by atoms with Gasteiger partial charge in [-0.3, -0.25) is 9.98 Å². The zero-order valence-electron chi connectivity index (χ0n) is 17.7. The van der Waals surface area contributed by atoms with Crippen LogP contribution in [0.25, 0.3) is 5.69 Å². The van der Waals surface area contributed by atoms with E-state index in [0.717, 1.165) is 28.8 Å². The van der Waals surface area contributed by atoms with Crippen LogP contribution in [0, 0.1) is 13.8 Å². The molecule has 0 amide bonds. The number of benzene rings is 1. The van der Waals surface area contributed by atoms with Crippen molar-refractivity contribution in [2.24, 2.45) is 4.99 Å². The van der Waals surface area contributed by atoms with Crippen molar-refractivity contribution in [3.63, 3.8) is 0 Å². The number of methoxy groups -OCH3 is 1. The molecule has 0 bridgehead atoms. The molecule has 0 spiro atoms. The Kier molecular flexibility index (Phi) is 4.82. The van der Waals surface area contributed by atoms with Crippen LogP contribution in [0.2, 0.25) is 0 Å². The Balaban J connectivity index is 1.59. The summed E-state index contributed by atoms with van der Waals surface area (Å²) in [5, 5.41) is 1.71. The molecule has 1 aromatic carbocycles. The zero-order valence-corrected chi connectivity index (χ0v) is 18.6. The molecule has 6 heteroatoms. The highest BCUT2D eigenvalue weighted by Gasteiger charge is 2.44. The van der Waals surface area contributed by atoms with Gasteiger partial charge in [-0.05, 0) is 61.9 Å². The van der Waals surface area contributed by atoms with E-state index in [0.29, 0.717) is 5.25 Å². The highest BCUT2D eigenvalue weighted by atomic mass is 32.2. The standard InChI is InChI=1S/C24H26N4OS/c1-15-13-20(17(3)28(15)18-8-10-19(29-4)11-9-18)23-22(21-7-5-6-12-25-21)26-24-27(23)14-16(2)30-24/h5-13,16,22-23H,14H2,1-4H3. The van der Waals surface area contributed by atoms with Crippen LogP contribution in [0.1, 0.15) is 41.7 Å². The molecule has 0 aliphatic carbocycles. The van der Waals surface area contributed by atoms with Crippen molar-refractivity contribution in [1.82, 2.24) is 14.5 Å². The maximum Gasteiger partial charge on any atom is 0.160 e. The number of aliphatic imine (C=N–C) groups is 1. The molecule has 1 saturated heterocycles. The third-order valence-electron chi connectivity index (χ3n) is 6.00. The average molecular weight is 419 g/mol. The van der Waals surface area contributed by atoms with Gasteiger partial charge in [0.05, 0.1) is 18.8 Å². The molecular formula is C24H26N4OS. The SMILES string of the molecule is COc1ccc(-n2c(C)cc(C3C(c4ccccn4)N=C4SC(C)CN43)c2C)cc1. The largest absolute Gasteiger partial charge is 0.497 e. The van der Waals surface area contributed by atoms with Gasteiger partial charge in [-0.25, -0.2) is 0 Å². The average Bonchev–Trinajstić information content (AvgIpc) is 3.38. The van der Waals surface area contributed by atoms with Crippen LogP contribution in [-0.4, -0.2) is 38.5 Å². The summed E-state index contributed by atoms with van der Waals surface area (Å²) >= 11 is 1.88. The summed E-state index contributed by atoms with van der Waals surface area (Å²) in [7, 11) is 1.70. The molecule has 0 N–H and O–H groups in total. The maximum absolute atomic E-state index is 5.33. The van der Waals surface area contributed by atoms with Gasteiger partial charge in [0.25, 0.3) is 0 Å². The van der Waals surface area contributed by atoms with Gasteiger partial charge in [-0.15, -0.1) is 0 Å². The van der Waals surface area contributed by atoms with Gasteiger partial charge in [0.15, 0.2) is 5.17 Å². The highest BCUT2D eigenvalue weighted by molar-refractivity contribution is 8.14. The molecule has 2 aliphatic heterocycles. The number of pyridine rings is 1. The van der Waals surface area contributed by atoms with Gasteiger partial charge in [-0.2, -0.15) is 0 Å². The maximum atomic E-state index is 5.33. The fourth-order valence-electron chi connectivity index (χ4n) is 4.67. The van der Waals surface area contributed by atoms with Crippen molar-refractivity contribution in [1.29, 1.82) is 0 Å². The fourth-order valence-corrected chi connectivity index (χ4v) is 5.76. The second kappa shape index (κ2) is 7.51.